The molecule has 2 aliphatic rings. The molecule has 222 valence electrons. The fourth-order valence-corrected chi connectivity index (χ4v) is 7.01. The Morgan fingerprint density at radius 2 is 1.90 bits per heavy atom. The number of fused-ring (bicyclic) bond motifs is 1. The lowest BCUT2D eigenvalue weighted by Gasteiger charge is -2.35. The first-order chi connectivity index (χ1) is 19.9. The van der Waals surface area contributed by atoms with Gasteiger partial charge in [-0.3, -0.25) is 14.4 Å². The van der Waals surface area contributed by atoms with Crippen molar-refractivity contribution in [1.82, 2.24) is 20.1 Å². The minimum Gasteiger partial charge on any atom is -0.391 e. The van der Waals surface area contributed by atoms with Crippen LogP contribution in [-0.2, 0) is 28.1 Å². The van der Waals surface area contributed by atoms with Crippen LogP contribution in [0.4, 0.5) is 0 Å². The number of aliphatic hydroxyl groups excluding tert-OH is 1. The Hall–Kier alpha value is -3.56. The van der Waals surface area contributed by atoms with E-state index in [2.05, 4.69) is 43.2 Å². The Labute approximate surface area is 251 Å². The standard InChI is InChI=1S/C33H40N4O4S/c1-19(2)28(37-16-23-9-7-8-10-25(23)31(37)40)32(41)36-17-24(38)14-27(36)30(39)34-15-22-12-11-21(13-26(22)33(4,5)6)29-20(3)35-18-42-29/h7-13,18-19,24,27-28,38H,14-17H2,1-6H3,(H,34,39)/t24-,27+,28+/m1/s1. The van der Waals surface area contributed by atoms with Crippen molar-refractivity contribution in [3.8, 4) is 10.4 Å². The molecule has 2 N–H and O–H groups in total. The lowest BCUT2D eigenvalue weighted by molar-refractivity contribution is -0.143. The zero-order chi connectivity index (χ0) is 30.3. The Morgan fingerprint density at radius 1 is 1.17 bits per heavy atom. The smallest absolute Gasteiger partial charge is 0.255 e. The number of aryl methyl sites for hydroxylation is 1. The minimum atomic E-state index is -0.814. The molecule has 9 heteroatoms. The maximum Gasteiger partial charge on any atom is 0.255 e. The molecule has 0 unspecified atom stereocenters. The zero-order valence-electron chi connectivity index (χ0n) is 25.2. The van der Waals surface area contributed by atoms with Gasteiger partial charge in [-0.05, 0) is 52.6 Å². The second-order valence-corrected chi connectivity index (χ2v) is 13.6. The van der Waals surface area contributed by atoms with Gasteiger partial charge in [0.25, 0.3) is 5.91 Å². The van der Waals surface area contributed by atoms with E-state index in [4.69, 9.17) is 0 Å². The third-order valence-electron chi connectivity index (χ3n) is 8.31. The van der Waals surface area contributed by atoms with E-state index in [9.17, 15) is 19.5 Å². The van der Waals surface area contributed by atoms with Crippen molar-refractivity contribution in [2.45, 2.75) is 84.7 Å². The predicted octanol–water partition coefficient (Wildman–Crippen LogP) is 4.67. The summed E-state index contributed by atoms with van der Waals surface area (Å²) in [5.74, 6) is -0.958. The first-order valence-electron chi connectivity index (χ1n) is 14.6. The summed E-state index contributed by atoms with van der Waals surface area (Å²) >= 11 is 1.61. The van der Waals surface area contributed by atoms with Gasteiger partial charge in [-0.1, -0.05) is 65.0 Å². The molecule has 0 radical (unpaired) electrons. The molecule has 3 amide bonds. The molecule has 3 atom stereocenters. The van der Waals surface area contributed by atoms with E-state index in [0.717, 1.165) is 32.8 Å². The summed E-state index contributed by atoms with van der Waals surface area (Å²) in [7, 11) is 0. The number of aromatic nitrogens is 1. The summed E-state index contributed by atoms with van der Waals surface area (Å²) in [6, 6.07) is 12.1. The number of hydrogen-bond acceptors (Lipinski definition) is 6. The summed E-state index contributed by atoms with van der Waals surface area (Å²) in [5.41, 5.74) is 7.40. The molecular weight excluding hydrogens is 548 g/mol. The van der Waals surface area contributed by atoms with Crippen LogP contribution >= 0.6 is 11.3 Å². The monoisotopic (exact) mass is 588 g/mol. The topological polar surface area (TPSA) is 103 Å². The van der Waals surface area contributed by atoms with E-state index in [-0.39, 0.29) is 42.0 Å². The molecule has 1 fully saturated rings. The largest absolute Gasteiger partial charge is 0.391 e. The Morgan fingerprint density at radius 3 is 2.55 bits per heavy atom. The van der Waals surface area contributed by atoms with Crippen LogP contribution in [0.3, 0.4) is 0 Å². The molecule has 3 heterocycles. The van der Waals surface area contributed by atoms with Crippen LogP contribution in [0.15, 0.2) is 48.0 Å². The minimum absolute atomic E-state index is 0.0608. The van der Waals surface area contributed by atoms with Crippen molar-refractivity contribution in [3.05, 3.63) is 75.9 Å². The highest BCUT2D eigenvalue weighted by atomic mass is 32.1. The second-order valence-electron chi connectivity index (χ2n) is 12.8. The number of benzene rings is 2. The summed E-state index contributed by atoms with van der Waals surface area (Å²) in [5, 5.41) is 13.6. The number of rotatable bonds is 7. The summed E-state index contributed by atoms with van der Waals surface area (Å²) in [6.45, 7) is 13.0. The van der Waals surface area contributed by atoms with E-state index in [1.54, 1.807) is 22.3 Å². The molecule has 5 rings (SSSR count). The van der Waals surface area contributed by atoms with Crippen LogP contribution in [0.5, 0.6) is 0 Å². The number of aliphatic hydroxyl groups is 1. The van der Waals surface area contributed by atoms with Gasteiger partial charge in [0, 0.05) is 31.6 Å². The average Bonchev–Trinajstić information content (AvgIpc) is 3.64. The first kappa shape index (κ1) is 29.9. The Kier molecular flexibility index (Phi) is 8.27. The van der Waals surface area contributed by atoms with Crippen molar-refractivity contribution in [3.63, 3.8) is 0 Å². The maximum atomic E-state index is 14.0. The molecule has 42 heavy (non-hydrogen) atoms. The molecular formula is C33H40N4O4S. The third-order valence-corrected chi connectivity index (χ3v) is 9.29. The van der Waals surface area contributed by atoms with Gasteiger partial charge in [-0.15, -0.1) is 11.3 Å². The lowest BCUT2D eigenvalue weighted by Crippen LogP contribution is -2.55. The second kappa shape index (κ2) is 11.6. The van der Waals surface area contributed by atoms with Gasteiger partial charge in [0.15, 0.2) is 0 Å². The molecule has 2 aliphatic heterocycles. The van der Waals surface area contributed by atoms with Gasteiger partial charge in [-0.25, -0.2) is 4.98 Å². The fraction of sp³-hybridized carbons (Fsp3) is 0.455. The third kappa shape index (κ3) is 5.72. The fourth-order valence-electron chi connectivity index (χ4n) is 6.20. The number of carbonyl (C=O) groups is 3. The van der Waals surface area contributed by atoms with Crippen LogP contribution in [0.1, 0.15) is 73.8 Å². The highest BCUT2D eigenvalue weighted by molar-refractivity contribution is 7.13. The number of carbonyl (C=O) groups excluding carboxylic acids is 3. The maximum absolute atomic E-state index is 14.0. The molecule has 0 aliphatic carbocycles. The van der Waals surface area contributed by atoms with Crippen LogP contribution in [0.25, 0.3) is 10.4 Å². The zero-order valence-corrected chi connectivity index (χ0v) is 26.0. The van der Waals surface area contributed by atoms with Crippen molar-refractivity contribution in [2.75, 3.05) is 6.54 Å². The van der Waals surface area contributed by atoms with Crippen molar-refractivity contribution < 1.29 is 19.5 Å². The van der Waals surface area contributed by atoms with Gasteiger partial charge >= 0.3 is 0 Å². The van der Waals surface area contributed by atoms with Crippen molar-refractivity contribution >= 4 is 29.1 Å². The summed E-state index contributed by atoms with van der Waals surface area (Å²) < 4.78 is 0. The van der Waals surface area contributed by atoms with Gasteiger partial charge in [-0.2, -0.15) is 0 Å². The molecule has 0 spiro atoms. The average molecular weight is 589 g/mol. The van der Waals surface area contributed by atoms with Gasteiger partial charge in [0.05, 0.1) is 22.2 Å². The number of nitrogens with one attached hydrogen (secondary N) is 1. The number of amides is 3. The molecule has 0 saturated carbocycles. The Balaban J connectivity index is 1.34. The molecule has 1 saturated heterocycles. The quantitative estimate of drug-likeness (QED) is 0.418. The van der Waals surface area contributed by atoms with E-state index in [0.29, 0.717) is 18.7 Å². The number of thiazole rings is 1. The SMILES string of the molecule is Cc1ncsc1-c1ccc(CNC(=O)[C@@H]2C[C@@H](O)CN2C(=O)[C@H](C(C)C)N2Cc3ccccc3C2=O)c(C(C)(C)C)c1. The van der Waals surface area contributed by atoms with Crippen LogP contribution < -0.4 is 5.32 Å². The van der Waals surface area contributed by atoms with Crippen LogP contribution in [-0.4, -0.2) is 62.3 Å². The highest BCUT2D eigenvalue weighted by Crippen LogP contribution is 2.34. The molecule has 0 bridgehead atoms. The number of hydrogen-bond donors (Lipinski definition) is 2. The number of likely N-dealkylation sites (tertiary alicyclic amines) is 1. The number of β-amino-alcohol motifs (C(OH)–C–C–N with tert-alkyl or cyclic N) is 1. The molecule has 3 aromatic rings. The van der Waals surface area contributed by atoms with Gasteiger partial charge < -0.3 is 20.2 Å². The van der Waals surface area contributed by atoms with Crippen LogP contribution in [0, 0.1) is 12.8 Å². The van der Waals surface area contributed by atoms with Gasteiger partial charge in [0.2, 0.25) is 11.8 Å². The molecule has 2 aromatic carbocycles. The van der Waals surface area contributed by atoms with Gasteiger partial charge in [0.1, 0.15) is 12.1 Å². The van der Waals surface area contributed by atoms with E-state index in [1.807, 2.05) is 50.5 Å². The van der Waals surface area contributed by atoms with Crippen molar-refractivity contribution in [2.24, 2.45) is 5.92 Å². The lowest BCUT2D eigenvalue weighted by atomic mass is 9.82. The summed E-state index contributed by atoms with van der Waals surface area (Å²) in [6.07, 6.45) is -0.650. The van der Waals surface area contributed by atoms with E-state index >= 15 is 0 Å². The van der Waals surface area contributed by atoms with E-state index in [1.165, 1.54) is 4.90 Å². The Bertz CT molecular complexity index is 1510. The molecule has 1 aromatic heterocycles. The van der Waals surface area contributed by atoms with Crippen LogP contribution in [0.2, 0.25) is 0 Å². The number of nitrogens with zero attached hydrogens (tertiary/aromatic N) is 3. The normalized spacial score (nSPS) is 19.4. The molecule has 8 nitrogen and oxygen atoms in total. The van der Waals surface area contributed by atoms with E-state index < -0.39 is 18.2 Å². The summed E-state index contributed by atoms with van der Waals surface area (Å²) in [4.78, 5) is 49.5. The predicted molar refractivity (Wildman–Crippen MR) is 164 cm³/mol. The first-order valence-corrected chi connectivity index (χ1v) is 15.4. The van der Waals surface area contributed by atoms with Crippen molar-refractivity contribution in [1.29, 1.82) is 0 Å². The highest BCUT2D eigenvalue weighted by Gasteiger charge is 2.45.